The molecule has 0 saturated carbocycles. The van der Waals surface area contributed by atoms with Crippen molar-refractivity contribution < 1.29 is 19.1 Å². The van der Waals surface area contributed by atoms with E-state index in [1.807, 2.05) is 6.92 Å². The van der Waals surface area contributed by atoms with Gasteiger partial charge in [0, 0.05) is 23.8 Å². The number of nitrogens with zero attached hydrogens (tertiary/aromatic N) is 3. The van der Waals surface area contributed by atoms with E-state index in [0.29, 0.717) is 18.5 Å². The minimum absolute atomic E-state index is 0.0128. The Labute approximate surface area is 156 Å². The number of likely N-dealkylation sites (tertiary alicyclic amines) is 1. The second-order valence-electron chi connectivity index (χ2n) is 7.43. The maximum atomic E-state index is 13.3. The molecule has 6 nitrogen and oxygen atoms in total. The van der Waals surface area contributed by atoms with Crippen molar-refractivity contribution in [2.75, 3.05) is 6.54 Å². The molecule has 1 fully saturated rings. The molecule has 1 saturated heterocycles. The fourth-order valence-electron chi connectivity index (χ4n) is 4.13. The number of hydrogen-bond donors (Lipinski definition) is 1. The predicted octanol–water partition coefficient (Wildman–Crippen LogP) is 2.83. The average molecular weight is 371 g/mol. The number of benzene rings is 1. The Morgan fingerprint density at radius 3 is 2.63 bits per heavy atom. The summed E-state index contributed by atoms with van der Waals surface area (Å²) < 4.78 is 15.0. The number of piperidine rings is 1. The lowest BCUT2D eigenvalue weighted by Crippen LogP contribution is -2.47. The molecule has 2 heterocycles. The Morgan fingerprint density at radius 2 is 1.93 bits per heavy atom. The van der Waals surface area contributed by atoms with Crippen LogP contribution in [0.25, 0.3) is 5.69 Å². The summed E-state index contributed by atoms with van der Waals surface area (Å²) in [5.41, 5.74) is 3.06. The number of carboxylic acid groups (broad SMARTS) is 1. The van der Waals surface area contributed by atoms with E-state index in [-0.39, 0.29) is 24.3 Å². The average Bonchev–Trinajstić information content (AvgIpc) is 3.25. The molecule has 0 radical (unpaired) electrons. The number of carbonyl (C=O) groups is 2. The highest BCUT2D eigenvalue weighted by atomic mass is 19.1. The second kappa shape index (κ2) is 6.79. The number of hydrogen-bond acceptors (Lipinski definition) is 3. The first-order chi connectivity index (χ1) is 13.0. The zero-order valence-corrected chi connectivity index (χ0v) is 15.2. The minimum atomic E-state index is -0.859. The van der Waals surface area contributed by atoms with Crippen molar-refractivity contribution in [2.45, 2.75) is 45.1 Å². The van der Waals surface area contributed by atoms with E-state index in [2.05, 4.69) is 5.10 Å². The Balaban J connectivity index is 1.69. The molecule has 2 atom stereocenters. The van der Waals surface area contributed by atoms with Crippen LogP contribution in [0.1, 0.15) is 47.9 Å². The molecule has 7 heteroatoms. The van der Waals surface area contributed by atoms with Crippen molar-refractivity contribution in [1.29, 1.82) is 0 Å². The molecule has 1 aromatic heterocycles. The maximum Gasteiger partial charge on any atom is 0.308 e. The Hall–Kier alpha value is -2.70. The summed E-state index contributed by atoms with van der Waals surface area (Å²) in [5, 5.41) is 13.9. The topological polar surface area (TPSA) is 75.4 Å². The third kappa shape index (κ3) is 3.11. The van der Waals surface area contributed by atoms with Crippen molar-refractivity contribution in [3.8, 4) is 5.69 Å². The van der Waals surface area contributed by atoms with Crippen LogP contribution in [0.5, 0.6) is 0 Å². The summed E-state index contributed by atoms with van der Waals surface area (Å²) in [6, 6.07) is 6.05. The summed E-state index contributed by atoms with van der Waals surface area (Å²) in [7, 11) is 0. The zero-order chi connectivity index (χ0) is 19.1. The van der Waals surface area contributed by atoms with Crippen LogP contribution >= 0.6 is 0 Å². The van der Waals surface area contributed by atoms with Gasteiger partial charge in [0.05, 0.1) is 11.6 Å². The predicted molar refractivity (Wildman–Crippen MR) is 96.4 cm³/mol. The smallest absolute Gasteiger partial charge is 0.308 e. The molecule has 1 N–H and O–H groups in total. The second-order valence-corrected chi connectivity index (χ2v) is 7.43. The molecule has 27 heavy (non-hydrogen) atoms. The van der Waals surface area contributed by atoms with Gasteiger partial charge < -0.3 is 10.0 Å². The molecular weight excluding hydrogens is 349 g/mol. The molecule has 0 bridgehead atoms. The lowest BCUT2D eigenvalue weighted by Gasteiger charge is -2.36. The summed E-state index contributed by atoms with van der Waals surface area (Å²) in [6.45, 7) is 2.17. The van der Waals surface area contributed by atoms with Crippen molar-refractivity contribution in [2.24, 2.45) is 5.92 Å². The number of aliphatic carboxylic acids is 1. The molecule has 4 rings (SSSR count). The third-order valence-corrected chi connectivity index (χ3v) is 5.70. The molecule has 2 unspecified atom stereocenters. The summed E-state index contributed by atoms with van der Waals surface area (Å²) in [5.74, 6) is -1.91. The van der Waals surface area contributed by atoms with Crippen molar-refractivity contribution in [3.05, 3.63) is 47.0 Å². The van der Waals surface area contributed by atoms with Crippen LogP contribution < -0.4 is 0 Å². The molecule has 1 amide bonds. The number of fused-ring (bicyclic) bond motifs is 1. The SMILES string of the molecule is CC1CCC(C(=O)O)CN1C(=O)c1nn(-c2ccc(F)cc2)c2c1CCC2. The van der Waals surface area contributed by atoms with E-state index in [4.69, 9.17) is 0 Å². The Morgan fingerprint density at radius 1 is 1.19 bits per heavy atom. The highest BCUT2D eigenvalue weighted by Gasteiger charge is 2.36. The van der Waals surface area contributed by atoms with Gasteiger partial charge in [-0.05, 0) is 63.3 Å². The molecule has 2 aliphatic rings. The largest absolute Gasteiger partial charge is 0.481 e. The van der Waals surface area contributed by atoms with Crippen molar-refractivity contribution >= 4 is 11.9 Å². The van der Waals surface area contributed by atoms with E-state index in [1.54, 1.807) is 21.7 Å². The monoisotopic (exact) mass is 371 g/mol. The Kier molecular flexibility index (Phi) is 4.45. The maximum absolute atomic E-state index is 13.3. The van der Waals surface area contributed by atoms with Gasteiger partial charge in [-0.3, -0.25) is 9.59 Å². The number of halogens is 1. The van der Waals surface area contributed by atoms with Gasteiger partial charge in [0.1, 0.15) is 5.82 Å². The summed E-state index contributed by atoms with van der Waals surface area (Å²) in [6.07, 6.45) is 3.80. The van der Waals surface area contributed by atoms with E-state index < -0.39 is 11.9 Å². The van der Waals surface area contributed by atoms with Crippen LogP contribution in [0.15, 0.2) is 24.3 Å². The van der Waals surface area contributed by atoms with Crippen LogP contribution in [0.3, 0.4) is 0 Å². The van der Waals surface area contributed by atoms with Gasteiger partial charge in [0.25, 0.3) is 5.91 Å². The van der Waals surface area contributed by atoms with E-state index in [9.17, 15) is 19.1 Å². The fraction of sp³-hybridized carbons (Fsp3) is 0.450. The standard InChI is InChI=1S/C20H22FN3O3/c1-12-5-6-13(20(26)27)11-23(12)19(25)18-16-3-2-4-17(16)24(22-18)15-9-7-14(21)8-10-15/h7-10,12-13H,2-6,11H2,1H3,(H,26,27). The van der Waals surface area contributed by atoms with Crippen LogP contribution in [0.2, 0.25) is 0 Å². The number of carbonyl (C=O) groups excluding carboxylic acids is 1. The minimum Gasteiger partial charge on any atom is -0.481 e. The van der Waals surface area contributed by atoms with Crippen molar-refractivity contribution in [3.63, 3.8) is 0 Å². The number of aromatic nitrogens is 2. The number of carboxylic acids is 1. The molecular formula is C20H22FN3O3. The molecule has 1 aliphatic heterocycles. The van der Waals surface area contributed by atoms with Gasteiger partial charge in [-0.15, -0.1) is 0 Å². The van der Waals surface area contributed by atoms with Gasteiger partial charge >= 0.3 is 5.97 Å². The van der Waals surface area contributed by atoms with Gasteiger partial charge in [-0.1, -0.05) is 0 Å². The van der Waals surface area contributed by atoms with Gasteiger partial charge in [0.2, 0.25) is 0 Å². The Bertz CT molecular complexity index is 891. The van der Waals surface area contributed by atoms with E-state index in [1.165, 1.54) is 12.1 Å². The third-order valence-electron chi connectivity index (χ3n) is 5.70. The van der Waals surface area contributed by atoms with Crippen LogP contribution in [-0.4, -0.2) is 44.3 Å². The highest BCUT2D eigenvalue weighted by molar-refractivity contribution is 5.95. The fourth-order valence-corrected chi connectivity index (χ4v) is 4.13. The van der Waals surface area contributed by atoms with Crippen LogP contribution in [-0.2, 0) is 17.6 Å². The van der Waals surface area contributed by atoms with Gasteiger partial charge in [-0.2, -0.15) is 5.10 Å². The molecule has 142 valence electrons. The normalized spacial score (nSPS) is 21.9. The number of amides is 1. The molecule has 0 spiro atoms. The van der Waals surface area contributed by atoms with E-state index >= 15 is 0 Å². The molecule has 1 aromatic carbocycles. The zero-order valence-electron chi connectivity index (χ0n) is 15.2. The summed E-state index contributed by atoms with van der Waals surface area (Å²) >= 11 is 0. The van der Waals surface area contributed by atoms with Gasteiger partial charge in [-0.25, -0.2) is 9.07 Å². The highest BCUT2D eigenvalue weighted by Crippen LogP contribution is 2.31. The summed E-state index contributed by atoms with van der Waals surface area (Å²) in [4.78, 5) is 26.3. The van der Waals surface area contributed by atoms with Crippen LogP contribution in [0.4, 0.5) is 4.39 Å². The van der Waals surface area contributed by atoms with Crippen LogP contribution in [0, 0.1) is 11.7 Å². The van der Waals surface area contributed by atoms with Crippen molar-refractivity contribution in [1.82, 2.24) is 14.7 Å². The number of rotatable bonds is 3. The first-order valence-corrected chi connectivity index (χ1v) is 9.36. The molecule has 1 aliphatic carbocycles. The lowest BCUT2D eigenvalue weighted by molar-refractivity contribution is -0.143. The lowest BCUT2D eigenvalue weighted by atomic mass is 9.93. The quantitative estimate of drug-likeness (QED) is 0.900. The molecule has 2 aromatic rings. The first-order valence-electron chi connectivity index (χ1n) is 9.36. The van der Waals surface area contributed by atoms with Gasteiger partial charge in [0.15, 0.2) is 5.69 Å². The first kappa shape index (κ1) is 17.7. The van der Waals surface area contributed by atoms with E-state index in [0.717, 1.165) is 36.2 Å².